The molecular weight excluding hydrogens is 657 g/mol. The minimum absolute atomic E-state index is 0.287. The first kappa shape index (κ1) is 31.3. The average Bonchev–Trinajstić information content (AvgIpc) is 3.76. The van der Waals surface area contributed by atoms with Crippen molar-refractivity contribution in [1.29, 1.82) is 10.5 Å². The second-order valence-electron chi connectivity index (χ2n) is 14.0. The zero-order valence-corrected chi connectivity index (χ0v) is 29.3. The predicted molar refractivity (Wildman–Crippen MR) is 221 cm³/mol. The van der Waals surface area contributed by atoms with E-state index in [2.05, 4.69) is 161 Å². The molecule has 1 atom stereocenters. The molecule has 0 fully saturated rings. The van der Waals surface area contributed by atoms with Gasteiger partial charge in [-0.2, -0.15) is 10.5 Å². The van der Waals surface area contributed by atoms with Crippen LogP contribution in [0, 0.1) is 22.7 Å². The van der Waals surface area contributed by atoms with Crippen LogP contribution < -0.4 is 0 Å². The summed E-state index contributed by atoms with van der Waals surface area (Å²) >= 11 is 0. The summed E-state index contributed by atoms with van der Waals surface area (Å²) in [5.41, 5.74) is 14.2. The van der Waals surface area contributed by atoms with Gasteiger partial charge in [-0.3, -0.25) is 0 Å². The van der Waals surface area contributed by atoms with Gasteiger partial charge in [0.15, 0.2) is 0 Å². The molecule has 0 spiro atoms. The van der Waals surface area contributed by atoms with Crippen molar-refractivity contribution in [2.24, 2.45) is 0 Å². The van der Waals surface area contributed by atoms with Crippen molar-refractivity contribution in [2.75, 3.05) is 0 Å². The molecule has 10 rings (SSSR count). The second kappa shape index (κ2) is 12.7. The number of hydrogen-bond donors (Lipinski definition) is 0. The van der Waals surface area contributed by atoms with Crippen LogP contribution in [-0.2, 0) is 0 Å². The molecule has 4 heteroatoms. The third-order valence-corrected chi connectivity index (χ3v) is 11.0. The van der Waals surface area contributed by atoms with Gasteiger partial charge in [0.05, 0.1) is 45.3 Å². The Labute approximate surface area is 313 Å². The molecule has 0 radical (unpaired) electrons. The van der Waals surface area contributed by atoms with E-state index in [0.29, 0.717) is 11.1 Å². The molecule has 4 nitrogen and oxygen atoms in total. The summed E-state index contributed by atoms with van der Waals surface area (Å²) in [6.45, 7) is 0. The van der Waals surface area contributed by atoms with E-state index >= 15 is 0 Å². The Morgan fingerprint density at radius 3 is 1.50 bits per heavy atom. The Hall–Kier alpha value is -7.40. The van der Waals surface area contributed by atoms with Crippen LogP contribution in [-0.4, -0.2) is 9.13 Å². The Balaban J connectivity index is 1.03. The molecule has 9 aromatic rings. The van der Waals surface area contributed by atoms with Crippen molar-refractivity contribution >= 4 is 49.3 Å². The van der Waals surface area contributed by atoms with Crippen molar-refractivity contribution < 1.29 is 0 Å². The monoisotopic (exact) mass is 688 g/mol. The van der Waals surface area contributed by atoms with Gasteiger partial charge in [-0.25, -0.2) is 0 Å². The lowest BCUT2D eigenvalue weighted by molar-refractivity contribution is 0.850. The van der Waals surface area contributed by atoms with Gasteiger partial charge in [0.2, 0.25) is 0 Å². The van der Waals surface area contributed by atoms with Crippen LogP contribution in [0.25, 0.3) is 77.2 Å². The van der Waals surface area contributed by atoms with E-state index < -0.39 is 0 Å². The van der Waals surface area contributed by atoms with Gasteiger partial charge in [-0.05, 0) is 113 Å². The topological polar surface area (TPSA) is 57.4 Å². The highest BCUT2D eigenvalue weighted by atomic mass is 15.0. The molecule has 0 aliphatic heterocycles. The summed E-state index contributed by atoms with van der Waals surface area (Å²) in [4.78, 5) is 0. The largest absolute Gasteiger partial charge is 0.310 e. The van der Waals surface area contributed by atoms with Crippen LogP contribution in [0.2, 0.25) is 0 Å². The van der Waals surface area contributed by atoms with Gasteiger partial charge in [-0.15, -0.1) is 0 Å². The van der Waals surface area contributed by atoms with Crippen molar-refractivity contribution in [1.82, 2.24) is 9.13 Å². The maximum absolute atomic E-state index is 9.22. The molecule has 0 saturated heterocycles. The summed E-state index contributed by atoms with van der Waals surface area (Å²) in [6, 6.07) is 59.9. The fourth-order valence-electron chi connectivity index (χ4n) is 8.23. The van der Waals surface area contributed by atoms with E-state index in [-0.39, 0.29) is 5.92 Å². The summed E-state index contributed by atoms with van der Waals surface area (Å²) in [7, 11) is 0. The fraction of sp³-hybridized carbons (Fsp3) is 0.0400. The molecule has 0 bridgehead atoms. The SMILES string of the molecule is N#Cc1ccc(-c2ccc(-n3c4ccccc4c4cc(-c5ccc6c(c5)c5ccccc5n6C5=CC[C@H](c6ccc(C#N)cc6)C=C5)ccc43)cc2)cc1. The van der Waals surface area contributed by atoms with Crippen LogP contribution >= 0.6 is 0 Å². The van der Waals surface area contributed by atoms with Crippen LogP contribution in [0.3, 0.4) is 0 Å². The Kier molecular flexibility index (Phi) is 7.36. The average molecular weight is 689 g/mol. The molecule has 1 aliphatic rings. The molecule has 252 valence electrons. The van der Waals surface area contributed by atoms with Crippen LogP contribution in [0.1, 0.15) is 29.0 Å². The first-order chi connectivity index (χ1) is 26.7. The summed E-state index contributed by atoms with van der Waals surface area (Å²) in [6.07, 6.45) is 7.78. The predicted octanol–water partition coefficient (Wildman–Crippen LogP) is 12.6. The standard InChI is InChI=1S/C50H32N4/c51-31-33-9-13-35(14-10-33)37-17-23-41(24-18-37)53-47-7-3-1-5-43(47)45-29-39(21-27-49(45)53)40-22-28-50-46(30-40)44-6-2-4-8-48(44)54(50)42-25-19-38(20-26-42)36-15-11-34(32-52)12-16-36/h1-19,21-30,38H,20H2/t38-/m1/s1. The number of benzene rings is 7. The first-order valence-electron chi connectivity index (χ1n) is 18.2. The van der Waals surface area contributed by atoms with Crippen molar-refractivity contribution in [3.8, 4) is 40.1 Å². The number of nitrogens with zero attached hydrogens (tertiary/aromatic N) is 4. The highest BCUT2D eigenvalue weighted by Gasteiger charge is 2.18. The Morgan fingerprint density at radius 2 is 0.944 bits per heavy atom. The second-order valence-corrected chi connectivity index (χ2v) is 14.0. The van der Waals surface area contributed by atoms with Crippen LogP contribution in [0.15, 0.2) is 176 Å². The number of para-hydroxylation sites is 2. The maximum atomic E-state index is 9.22. The molecular formula is C50H32N4. The lowest BCUT2D eigenvalue weighted by Gasteiger charge is -2.18. The molecule has 54 heavy (non-hydrogen) atoms. The molecule has 0 unspecified atom stereocenters. The Morgan fingerprint density at radius 1 is 0.463 bits per heavy atom. The zero-order chi connectivity index (χ0) is 36.2. The smallest absolute Gasteiger partial charge is 0.0991 e. The van der Waals surface area contributed by atoms with E-state index in [9.17, 15) is 10.5 Å². The van der Waals surface area contributed by atoms with Crippen LogP contribution in [0.4, 0.5) is 0 Å². The summed E-state index contributed by atoms with van der Waals surface area (Å²) in [5.74, 6) is 0.287. The van der Waals surface area contributed by atoms with Gasteiger partial charge in [-0.1, -0.05) is 97.1 Å². The molecule has 2 heterocycles. The molecule has 0 saturated carbocycles. The van der Waals surface area contributed by atoms with E-state index in [1.807, 2.05) is 36.4 Å². The molecule has 0 amide bonds. The minimum Gasteiger partial charge on any atom is -0.310 e. The van der Waals surface area contributed by atoms with E-state index in [4.69, 9.17) is 0 Å². The van der Waals surface area contributed by atoms with Crippen molar-refractivity contribution in [2.45, 2.75) is 12.3 Å². The number of allylic oxidation sites excluding steroid dienone is 4. The van der Waals surface area contributed by atoms with Gasteiger partial charge < -0.3 is 9.13 Å². The summed E-state index contributed by atoms with van der Waals surface area (Å²) < 4.78 is 4.74. The molecule has 2 aromatic heterocycles. The maximum Gasteiger partial charge on any atom is 0.0991 e. The van der Waals surface area contributed by atoms with Gasteiger partial charge in [0, 0.05) is 38.8 Å². The highest BCUT2D eigenvalue weighted by Crippen LogP contribution is 2.39. The lowest BCUT2D eigenvalue weighted by Crippen LogP contribution is -2.02. The van der Waals surface area contributed by atoms with E-state index in [1.165, 1.54) is 66.0 Å². The van der Waals surface area contributed by atoms with Gasteiger partial charge in [0.25, 0.3) is 0 Å². The number of fused-ring (bicyclic) bond motifs is 6. The number of rotatable bonds is 5. The number of aromatic nitrogens is 2. The highest BCUT2D eigenvalue weighted by molar-refractivity contribution is 6.13. The van der Waals surface area contributed by atoms with Crippen LogP contribution in [0.5, 0.6) is 0 Å². The van der Waals surface area contributed by atoms with Gasteiger partial charge in [0.1, 0.15) is 0 Å². The zero-order valence-electron chi connectivity index (χ0n) is 29.3. The number of nitriles is 2. The third-order valence-electron chi connectivity index (χ3n) is 11.0. The molecule has 7 aromatic carbocycles. The summed E-state index contributed by atoms with van der Waals surface area (Å²) in [5, 5.41) is 23.3. The van der Waals surface area contributed by atoms with Crippen molar-refractivity contribution in [3.05, 3.63) is 193 Å². The lowest BCUT2D eigenvalue weighted by atomic mass is 9.91. The fourth-order valence-corrected chi connectivity index (χ4v) is 8.23. The van der Waals surface area contributed by atoms with Gasteiger partial charge >= 0.3 is 0 Å². The van der Waals surface area contributed by atoms with Crippen molar-refractivity contribution in [3.63, 3.8) is 0 Å². The van der Waals surface area contributed by atoms with E-state index in [1.54, 1.807) is 0 Å². The minimum atomic E-state index is 0.287. The number of hydrogen-bond acceptors (Lipinski definition) is 2. The molecule has 0 N–H and O–H groups in total. The third kappa shape index (κ3) is 5.13. The van der Waals surface area contributed by atoms with E-state index in [0.717, 1.165) is 23.2 Å². The Bertz CT molecular complexity index is 3070. The quantitative estimate of drug-likeness (QED) is 0.181. The first-order valence-corrected chi connectivity index (χ1v) is 18.2. The normalized spacial score (nSPS) is 14.0. The molecule has 1 aliphatic carbocycles.